The molecule has 0 aromatic heterocycles. The molecular formula is C66H133N2O6P. The highest BCUT2D eigenvalue weighted by Gasteiger charge is 2.24. The topological polar surface area (TPSA) is 108 Å². The standard InChI is InChI=1S/C66H133N2O6P/c1-6-8-10-12-14-16-18-20-22-24-26-28-30-32-34-36-38-40-42-44-46-48-50-52-54-56-58-60-66(70)67-64(63-74-75(71,72)73-62-61-68(3,4)5)65(69)59-57-55-53-51-49-47-45-43-41-39-37-35-33-31-29-27-25-23-21-19-17-15-13-11-9-7-2/h24,26,64-65,69H,6-23,25,27-63H2,1-5H3,(H-,67,70,71,72)/b26-24-. The van der Waals surface area contributed by atoms with Gasteiger partial charge in [-0.1, -0.05) is 321 Å². The van der Waals surface area contributed by atoms with Crippen LogP contribution in [0.3, 0.4) is 0 Å². The number of allylic oxidation sites excluding steroid dienone is 2. The van der Waals surface area contributed by atoms with Crippen molar-refractivity contribution < 1.29 is 32.9 Å². The van der Waals surface area contributed by atoms with Crippen LogP contribution in [-0.4, -0.2) is 68.5 Å². The van der Waals surface area contributed by atoms with Crippen molar-refractivity contribution in [2.75, 3.05) is 40.9 Å². The van der Waals surface area contributed by atoms with Crippen LogP contribution < -0.4 is 10.2 Å². The summed E-state index contributed by atoms with van der Waals surface area (Å²) in [7, 11) is 1.33. The minimum Gasteiger partial charge on any atom is -0.756 e. The molecule has 0 aromatic carbocycles. The molecule has 2 N–H and O–H groups in total. The summed E-state index contributed by atoms with van der Waals surface area (Å²) in [6.07, 6.45) is 72.7. The average molecular weight is 1080 g/mol. The zero-order chi connectivity index (χ0) is 54.9. The lowest BCUT2D eigenvalue weighted by Crippen LogP contribution is -2.46. The van der Waals surface area contributed by atoms with Gasteiger partial charge in [-0.3, -0.25) is 9.36 Å². The Kier molecular flexibility index (Phi) is 57.3. The number of likely N-dealkylation sites (N-methyl/N-ethyl adjacent to an activating group) is 1. The van der Waals surface area contributed by atoms with Crippen LogP contribution in [0.2, 0.25) is 0 Å². The number of hydrogen-bond acceptors (Lipinski definition) is 6. The molecule has 0 aromatic rings. The van der Waals surface area contributed by atoms with Crippen LogP contribution in [0.5, 0.6) is 0 Å². The van der Waals surface area contributed by atoms with Gasteiger partial charge in [0.25, 0.3) is 7.82 Å². The van der Waals surface area contributed by atoms with Gasteiger partial charge in [-0.05, 0) is 38.5 Å². The highest BCUT2D eigenvalue weighted by molar-refractivity contribution is 7.45. The summed E-state index contributed by atoms with van der Waals surface area (Å²) in [5.74, 6) is -0.156. The molecule has 9 heteroatoms. The third-order valence-electron chi connectivity index (χ3n) is 15.8. The van der Waals surface area contributed by atoms with Gasteiger partial charge in [0.15, 0.2) is 0 Å². The molecule has 8 nitrogen and oxygen atoms in total. The molecule has 0 bridgehead atoms. The van der Waals surface area contributed by atoms with Crippen molar-refractivity contribution in [3.05, 3.63) is 12.2 Å². The molecule has 0 aliphatic carbocycles. The fourth-order valence-electron chi connectivity index (χ4n) is 10.5. The zero-order valence-electron chi connectivity index (χ0n) is 51.3. The van der Waals surface area contributed by atoms with Crippen LogP contribution >= 0.6 is 7.82 Å². The summed E-state index contributed by atoms with van der Waals surface area (Å²) >= 11 is 0. The Morgan fingerprint density at radius 2 is 0.733 bits per heavy atom. The first-order valence-corrected chi connectivity index (χ1v) is 35.0. The molecule has 0 saturated carbocycles. The van der Waals surface area contributed by atoms with Crippen molar-refractivity contribution in [2.45, 2.75) is 366 Å². The lowest BCUT2D eigenvalue weighted by atomic mass is 10.0. The van der Waals surface area contributed by atoms with Gasteiger partial charge >= 0.3 is 0 Å². The van der Waals surface area contributed by atoms with E-state index < -0.39 is 20.0 Å². The van der Waals surface area contributed by atoms with Crippen LogP contribution in [0.15, 0.2) is 12.2 Å². The number of aliphatic hydroxyl groups is 1. The van der Waals surface area contributed by atoms with Gasteiger partial charge in [-0.15, -0.1) is 0 Å². The Labute approximate surface area is 469 Å². The molecule has 0 aliphatic rings. The van der Waals surface area contributed by atoms with Crippen LogP contribution in [0.1, 0.15) is 354 Å². The van der Waals surface area contributed by atoms with E-state index >= 15 is 0 Å². The number of aliphatic hydroxyl groups excluding tert-OH is 1. The molecule has 0 spiro atoms. The number of phosphoric ester groups is 1. The summed E-state index contributed by atoms with van der Waals surface area (Å²) in [5, 5.41) is 14.1. The molecule has 0 fully saturated rings. The molecule has 75 heavy (non-hydrogen) atoms. The molecule has 0 radical (unpaired) electrons. The fraction of sp³-hybridized carbons (Fsp3) is 0.955. The minimum atomic E-state index is -4.58. The van der Waals surface area contributed by atoms with Gasteiger partial charge in [0, 0.05) is 6.42 Å². The van der Waals surface area contributed by atoms with E-state index in [2.05, 4.69) is 31.3 Å². The number of nitrogens with zero attached hydrogens (tertiary/aromatic N) is 1. The Morgan fingerprint density at radius 3 is 1.04 bits per heavy atom. The maximum Gasteiger partial charge on any atom is 0.268 e. The summed E-state index contributed by atoms with van der Waals surface area (Å²) < 4.78 is 23.5. The van der Waals surface area contributed by atoms with Crippen molar-refractivity contribution in [3.8, 4) is 0 Å². The van der Waals surface area contributed by atoms with Gasteiger partial charge < -0.3 is 28.8 Å². The molecular weight excluding hydrogens is 948 g/mol. The average Bonchev–Trinajstić information content (AvgIpc) is 3.37. The number of quaternary nitrogens is 1. The zero-order valence-corrected chi connectivity index (χ0v) is 52.2. The monoisotopic (exact) mass is 1080 g/mol. The molecule has 0 aliphatic heterocycles. The second kappa shape index (κ2) is 57.9. The quantitative estimate of drug-likeness (QED) is 0.0272. The van der Waals surface area contributed by atoms with Gasteiger partial charge in [-0.25, -0.2) is 0 Å². The van der Waals surface area contributed by atoms with Gasteiger partial charge in [0.1, 0.15) is 13.2 Å². The largest absolute Gasteiger partial charge is 0.756 e. The Morgan fingerprint density at radius 1 is 0.453 bits per heavy atom. The number of unbranched alkanes of at least 4 members (excludes halogenated alkanes) is 48. The first-order chi connectivity index (χ1) is 36.5. The highest BCUT2D eigenvalue weighted by Crippen LogP contribution is 2.38. The van der Waals surface area contributed by atoms with Crippen LogP contribution in [0.25, 0.3) is 0 Å². The Bertz CT molecular complexity index is 1230. The van der Waals surface area contributed by atoms with Crippen LogP contribution in [-0.2, 0) is 18.4 Å². The normalized spacial score (nSPS) is 13.7. The van der Waals surface area contributed by atoms with E-state index in [4.69, 9.17) is 9.05 Å². The SMILES string of the molecule is CCCCCCCCCC/C=C\CCCCCCCCCCCCCCCCCC(=O)NC(COP(=O)([O-])OCC[N+](C)(C)C)C(O)CCCCCCCCCCCCCCCCCCCCCCCCCCCC. The predicted molar refractivity (Wildman–Crippen MR) is 326 cm³/mol. The Balaban J connectivity index is 4.04. The minimum absolute atomic E-state index is 0.0155. The fourth-order valence-corrected chi connectivity index (χ4v) is 11.2. The van der Waals surface area contributed by atoms with Gasteiger partial charge in [0.05, 0.1) is 39.9 Å². The summed E-state index contributed by atoms with van der Waals surface area (Å²) in [6.45, 7) is 4.79. The van der Waals surface area contributed by atoms with E-state index in [1.807, 2.05) is 21.1 Å². The smallest absolute Gasteiger partial charge is 0.268 e. The van der Waals surface area contributed by atoms with Crippen LogP contribution in [0.4, 0.5) is 0 Å². The number of phosphoric acid groups is 1. The van der Waals surface area contributed by atoms with Crippen molar-refractivity contribution >= 4 is 13.7 Å². The van der Waals surface area contributed by atoms with Crippen molar-refractivity contribution in [2.24, 2.45) is 0 Å². The lowest BCUT2D eigenvalue weighted by molar-refractivity contribution is -0.870. The van der Waals surface area contributed by atoms with E-state index in [1.165, 1.54) is 289 Å². The van der Waals surface area contributed by atoms with Crippen LogP contribution in [0, 0.1) is 0 Å². The van der Waals surface area contributed by atoms with E-state index in [0.717, 1.165) is 38.5 Å². The summed E-state index contributed by atoms with van der Waals surface area (Å²) in [4.78, 5) is 25.6. The van der Waals surface area contributed by atoms with Crippen molar-refractivity contribution in [1.82, 2.24) is 5.32 Å². The van der Waals surface area contributed by atoms with Crippen molar-refractivity contribution in [3.63, 3.8) is 0 Å². The molecule has 0 saturated heterocycles. The molecule has 0 rings (SSSR count). The predicted octanol–water partition coefficient (Wildman–Crippen LogP) is 20.3. The number of nitrogens with one attached hydrogen (secondary N) is 1. The number of carbonyl (C=O) groups is 1. The van der Waals surface area contributed by atoms with Gasteiger partial charge in [0.2, 0.25) is 5.91 Å². The first-order valence-electron chi connectivity index (χ1n) is 33.5. The maximum absolute atomic E-state index is 13.0. The second-order valence-electron chi connectivity index (χ2n) is 24.5. The maximum atomic E-state index is 13.0. The molecule has 3 atom stereocenters. The molecule has 448 valence electrons. The molecule has 1 amide bonds. The number of carbonyl (C=O) groups excluding carboxylic acids is 1. The van der Waals surface area contributed by atoms with Gasteiger partial charge in [-0.2, -0.15) is 0 Å². The summed E-state index contributed by atoms with van der Waals surface area (Å²) in [6, 6.07) is -0.799. The second-order valence-corrected chi connectivity index (χ2v) is 25.9. The highest BCUT2D eigenvalue weighted by atomic mass is 31.2. The van der Waals surface area contributed by atoms with E-state index in [1.54, 1.807) is 0 Å². The summed E-state index contributed by atoms with van der Waals surface area (Å²) in [5.41, 5.74) is 0. The van der Waals surface area contributed by atoms with E-state index in [0.29, 0.717) is 23.9 Å². The number of rotatable bonds is 63. The lowest BCUT2D eigenvalue weighted by Gasteiger charge is -2.30. The first kappa shape index (κ1) is 74.2. The third-order valence-corrected chi connectivity index (χ3v) is 16.7. The number of hydrogen-bond donors (Lipinski definition) is 2. The number of amides is 1. The van der Waals surface area contributed by atoms with E-state index in [-0.39, 0.29) is 19.1 Å². The molecule has 0 heterocycles. The Hall–Kier alpha value is -0.760. The van der Waals surface area contributed by atoms with Crippen molar-refractivity contribution in [1.29, 1.82) is 0 Å². The van der Waals surface area contributed by atoms with E-state index in [9.17, 15) is 19.4 Å². The molecule has 3 unspecified atom stereocenters. The third kappa shape index (κ3) is 60.7.